The van der Waals surface area contributed by atoms with Crippen molar-refractivity contribution >= 4 is 28.8 Å². The van der Waals surface area contributed by atoms with Crippen LogP contribution in [0.5, 0.6) is 0 Å². The van der Waals surface area contributed by atoms with Crippen molar-refractivity contribution in [2.75, 3.05) is 11.1 Å². The van der Waals surface area contributed by atoms with Crippen molar-refractivity contribution in [3.05, 3.63) is 34.6 Å². The number of aromatic nitrogens is 2. The van der Waals surface area contributed by atoms with Crippen LogP contribution in [0.2, 0.25) is 0 Å². The average Bonchev–Trinajstić information content (AvgIpc) is 2.82. The number of nitrogens with one attached hydrogen (secondary N) is 1. The molecule has 0 aliphatic carbocycles. The lowest BCUT2D eigenvalue weighted by Gasteiger charge is -2.07. The van der Waals surface area contributed by atoms with Crippen LogP contribution in [0.25, 0.3) is 0 Å². The van der Waals surface area contributed by atoms with E-state index in [2.05, 4.69) is 14.9 Å². The maximum Gasteiger partial charge on any atom is 0.269 e. The number of rotatable bonds is 3. The fourth-order valence-electron chi connectivity index (χ4n) is 1.54. The molecule has 0 bridgehead atoms. The highest BCUT2D eigenvalue weighted by Crippen LogP contribution is 2.22. The zero-order valence-electron chi connectivity index (χ0n) is 10.5. The second-order valence-electron chi connectivity index (χ2n) is 4.34. The van der Waals surface area contributed by atoms with Gasteiger partial charge in [-0.2, -0.15) is 0 Å². The van der Waals surface area contributed by atoms with Crippen molar-refractivity contribution in [3.8, 4) is 0 Å². The summed E-state index contributed by atoms with van der Waals surface area (Å²) in [5, 5.41) is 6.40. The Labute approximate surface area is 113 Å². The van der Waals surface area contributed by atoms with Gasteiger partial charge in [0.2, 0.25) is 0 Å². The highest BCUT2D eigenvalue weighted by atomic mass is 32.1. The molecule has 2 rings (SSSR count). The molecule has 19 heavy (non-hydrogen) atoms. The second-order valence-corrected chi connectivity index (χ2v) is 5.09. The molecule has 3 N–H and O–H groups in total. The standard InChI is InChI=1S/C12H13FN4OS/c1-6(2)10-11(19-17-16-10)12(18)15-9-4-3-7(14)5-8(9)13/h3-6H,14H2,1-2H3,(H,15,18). The van der Waals surface area contributed by atoms with Gasteiger partial charge in [-0.25, -0.2) is 4.39 Å². The number of anilines is 2. The van der Waals surface area contributed by atoms with Crippen LogP contribution in [0.3, 0.4) is 0 Å². The van der Waals surface area contributed by atoms with Gasteiger partial charge in [0.05, 0.1) is 11.4 Å². The zero-order chi connectivity index (χ0) is 14.0. The van der Waals surface area contributed by atoms with E-state index in [1.807, 2.05) is 13.8 Å². The van der Waals surface area contributed by atoms with Gasteiger partial charge in [-0.3, -0.25) is 4.79 Å². The van der Waals surface area contributed by atoms with E-state index in [1.54, 1.807) is 0 Å². The van der Waals surface area contributed by atoms with Crippen LogP contribution in [-0.4, -0.2) is 15.5 Å². The molecule has 0 fully saturated rings. The Bertz CT molecular complexity index is 612. The van der Waals surface area contributed by atoms with Gasteiger partial charge in [0.15, 0.2) is 0 Å². The van der Waals surface area contributed by atoms with Gasteiger partial charge in [0, 0.05) is 5.69 Å². The third-order valence-corrected chi connectivity index (χ3v) is 3.25. The molecule has 0 unspecified atom stereocenters. The van der Waals surface area contributed by atoms with Crippen LogP contribution in [0.4, 0.5) is 15.8 Å². The maximum absolute atomic E-state index is 13.6. The molecule has 0 aliphatic rings. The van der Waals surface area contributed by atoms with E-state index in [-0.39, 0.29) is 11.6 Å². The normalized spacial score (nSPS) is 10.7. The van der Waals surface area contributed by atoms with E-state index in [0.29, 0.717) is 16.3 Å². The highest BCUT2D eigenvalue weighted by molar-refractivity contribution is 7.08. The van der Waals surface area contributed by atoms with Crippen LogP contribution in [0, 0.1) is 5.82 Å². The van der Waals surface area contributed by atoms with E-state index >= 15 is 0 Å². The number of nitrogens with zero attached hydrogens (tertiary/aromatic N) is 2. The molecule has 0 saturated carbocycles. The van der Waals surface area contributed by atoms with Crippen LogP contribution in [-0.2, 0) is 0 Å². The smallest absolute Gasteiger partial charge is 0.269 e. The summed E-state index contributed by atoms with van der Waals surface area (Å²) < 4.78 is 17.3. The summed E-state index contributed by atoms with van der Waals surface area (Å²) >= 11 is 0.994. The zero-order valence-corrected chi connectivity index (χ0v) is 11.3. The molecule has 1 aromatic heterocycles. The fraction of sp³-hybridized carbons (Fsp3) is 0.250. The predicted molar refractivity (Wildman–Crippen MR) is 72.8 cm³/mol. The van der Waals surface area contributed by atoms with Crippen molar-refractivity contribution in [3.63, 3.8) is 0 Å². The number of hydrogen-bond acceptors (Lipinski definition) is 5. The molecule has 7 heteroatoms. The van der Waals surface area contributed by atoms with Crippen LogP contribution >= 0.6 is 11.5 Å². The molecule has 1 heterocycles. The van der Waals surface area contributed by atoms with E-state index in [0.717, 1.165) is 17.6 Å². The molecule has 0 atom stereocenters. The van der Waals surface area contributed by atoms with Crippen LogP contribution in [0.15, 0.2) is 18.2 Å². The van der Waals surface area contributed by atoms with E-state index < -0.39 is 11.7 Å². The molecule has 0 radical (unpaired) electrons. The summed E-state index contributed by atoms with van der Waals surface area (Å²) in [6.45, 7) is 3.83. The van der Waals surface area contributed by atoms with Crippen LogP contribution in [0.1, 0.15) is 35.1 Å². The number of nitrogen functional groups attached to an aromatic ring is 1. The average molecular weight is 280 g/mol. The van der Waals surface area contributed by atoms with Crippen molar-refractivity contribution in [2.24, 2.45) is 0 Å². The number of halogens is 1. The summed E-state index contributed by atoms with van der Waals surface area (Å²) in [7, 11) is 0. The maximum atomic E-state index is 13.6. The molecule has 0 saturated heterocycles. The number of carbonyl (C=O) groups is 1. The molecule has 0 aliphatic heterocycles. The van der Waals surface area contributed by atoms with Gasteiger partial charge in [-0.1, -0.05) is 18.3 Å². The predicted octanol–water partition coefficient (Wildman–Crippen LogP) is 2.64. The number of nitrogens with two attached hydrogens (primary N) is 1. The molecule has 0 spiro atoms. The Balaban J connectivity index is 2.23. The van der Waals surface area contributed by atoms with Crippen molar-refractivity contribution in [1.82, 2.24) is 9.59 Å². The van der Waals surface area contributed by atoms with E-state index in [9.17, 15) is 9.18 Å². The summed E-state index contributed by atoms with van der Waals surface area (Å²) in [5.74, 6) is -0.907. The summed E-state index contributed by atoms with van der Waals surface area (Å²) in [6, 6.07) is 4.10. The number of amides is 1. The third-order valence-electron chi connectivity index (χ3n) is 2.51. The molecular formula is C12H13FN4OS. The lowest BCUT2D eigenvalue weighted by atomic mass is 10.1. The summed E-state index contributed by atoms with van der Waals surface area (Å²) in [6.07, 6.45) is 0. The van der Waals surface area contributed by atoms with E-state index in [1.165, 1.54) is 12.1 Å². The first-order valence-electron chi connectivity index (χ1n) is 5.67. The largest absolute Gasteiger partial charge is 0.399 e. The van der Waals surface area contributed by atoms with Crippen molar-refractivity contribution < 1.29 is 9.18 Å². The lowest BCUT2D eigenvalue weighted by molar-refractivity contribution is 0.102. The Morgan fingerprint density at radius 3 is 2.84 bits per heavy atom. The molecule has 100 valence electrons. The Hall–Kier alpha value is -2.02. The van der Waals surface area contributed by atoms with Crippen LogP contribution < -0.4 is 11.1 Å². The minimum Gasteiger partial charge on any atom is -0.399 e. The molecule has 1 aromatic carbocycles. The number of benzene rings is 1. The fourth-order valence-corrected chi connectivity index (χ4v) is 2.26. The van der Waals surface area contributed by atoms with Gasteiger partial charge in [0.1, 0.15) is 10.7 Å². The van der Waals surface area contributed by atoms with Crippen molar-refractivity contribution in [1.29, 1.82) is 0 Å². The third kappa shape index (κ3) is 2.87. The molecule has 1 amide bonds. The second kappa shape index (κ2) is 5.31. The first-order chi connectivity index (χ1) is 8.99. The van der Waals surface area contributed by atoms with E-state index in [4.69, 9.17) is 5.73 Å². The molecule has 5 nitrogen and oxygen atoms in total. The van der Waals surface area contributed by atoms with Gasteiger partial charge >= 0.3 is 0 Å². The van der Waals surface area contributed by atoms with Gasteiger partial charge in [0.25, 0.3) is 5.91 Å². The van der Waals surface area contributed by atoms with Gasteiger partial charge < -0.3 is 11.1 Å². The Morgan fingerprint density at radius 1 is 1.47 bits per heavy atom. The summed E-state index contributed by atoms with van der Waals surface area (Å²) in [5.41, 5.74) is 6.44. The van der Waals surface area contributed by atoms with Gasteiger partial charge in [-0.05, 0) is 35.6 Å². The topological polar surface area (TPSA) is 80.9 Å². The molecular weight excluding hydrogens is 267 g/mol. The number of carbonyl (C=O) groups excluding carboxylic acids is 1. The lowest BCUT2D eigenvalue weighted by Crippen LogP contribution is -2.14. The minimum atomic E-state index is -0.572. The first-order valence-corrected chi connectivity index (χ1v) is 6.45. The molecule has 2 aromatic rings. The Morgan fingerprint density at radius 2 is 2.21 bits per heavy atom. The minimum absolute atomic E-state index is 0.0794. The number of hydrogen-bond donors (Lipinski definition) is 2. The van der Waals surface area contributed by atoms with Gasteiger partial charge in [-0.15, -0.1) is 5.10 Å². The Kier molecular flexibility index (Phi) is 3.75. The monoisotopic (exact) mass is 280 g/mol. The quantitative estimate of drug-likeness (QED) is 0.847. The summed E-state index contributed by atoms with van der Waals surface area (Å²) in [4.78, 5) is 12.5. The highest BCUT2D eigenvalue weighted by Gasteiger charge is 2.19. The SMILES string of the molecule is CC(C)c1nnsc1C(=O)Nc1ccc(N)cc1F. The first kappa shape index (κ1) is 13.4. The van der Waals surface area contributed by atoms with Crippen molar-refractivity contribution in [2.45, 2.75) is 19.8 Å².